The highest BCUT2D eigenvalue weighted by atomic mass is 16.2. The van der Waals surface area contributed by atoms with Crippen molar-refractivity contribution in [3.8, 4) is 0 Å². The molecule has 1 N–H and O–H groups in total. The lowest BCUT2D eigenvalue weighted by Crippen LogP contribution is -2.50. The van der Waals surface area contributed by atoms with Crippen LogP contribution in [-0.2, 0) is 4.79 Å². The molecule has 1 fully saturated rings. The van der Waals surface area contributed by atoms with Gasteiger partial charge >= 0.3 is 0 Å². The number of anilines is 1. The van der Waals surface area contributed by atoms with E-state index in [1.165, 1.54) is 6.33 Å². The molecule has 1 aromatic heterocycles. The molecule has 21 heavy (non-hydrogen) atoms. The van der Waals surface area contributed by atoms with Crippen LogP contribution in [0, 0.1) is 0 Å². The van der Waals surface area contributed by atoms with Gasteiger partial charge in [0.05, 0.1) is 0 Å². The molecule has 2 heterocycles. The summed E-state index contributed by atoms with van der Waals surface area (Å²) < 4.78 is 0. The molecule has 0 radical (unpaired) electrons. The van der Waals surface area contributed by atoms with Crippen molar-refractivity contribution in [3.63, 3.8) is 0 Å². The number of nitrogens with one attached hydrogen (secondary N) is 1. The highest BCUT2D eigenvalue weighted by Gasteiger charge is 2.24. The Bertz CT molecular complexity index is 538. The van der Waals surface area contributed by atoms with E-state index >= 15 is 0 Å². The number of nitrogens with zero attached hydrogens (tertiary/aromatic N) is 4. The summed E-state index contributed by atoms with van der Waals surface area (Å²) in [5.74, 6) is 0.498. The Balaban J connectivity index is 2.00. The van der Waals surface area contributed by atoms with Gasteiger partial charge in [-0.25, -0.2) is 9.97 Å². The Morgan fingerprint density at radius 2 is 1.95 bits per heavy atom. The maximum absolute atomic E-state index is 12.4. The quantitative estimate of drug-likeness (QED) is 0.811. The number of rotatable bonds is 4. The van der Waals surface area contributed by atoms with Crippen LogP contribution < -0.4 is 5.32 Å². The van der Waals surface area contributed by atoms with E-state index < -0.39 is 0 Å². The van der Waals surface area contributed by atoms with Gasteiger partial charge in [0.1, 0.15) is 17.8 Å². The standard InChI is InChI=1S/C14H19N5O2/c1-3-4-15-13-9-12(16-10-17-13)14(21)19-7-5-18(6-8-19)11(2)20/h3,9-10H,1,4-8H2,2H3,(H,15,16,17). The number of carbonyl (C=O) groups excluding carboxylic acids is 2. The van der Waals surface area contributed by atoms with Crippen LogP contribution in [0.5, 0.6) is 0 Å². The summed E-state index contributed by atoms with van der Waals surface area (Å²) in [5.41, 5.74) is 0.354. The highest BCUT2D eigenvalue weighted by molar-refractivity contribution is 5.93. The summed E-state index contributed by atoms with van der Waals surface area (Å²) in [6.45, 7) is 7.90. The molecule has 0 atom stereocenters. The van der Waals surface area contributed by atoms with E-state index in [9.17, 15) is 9.59 Å². The van der Waals surface area contributed by atoms with Crippen molar-refractivity contribution in [3.05, 3.63) is 30.7 Å². The minimum absolute atomic E-state index is 0.0417. The van der Waals surface area contributed by atoms with Crippen molar-refractivity contribution >= 4 is 17.6 Å². The van der Waals surface area contributed by atoms with Crippen LogP contribution in [0.15, 0.2) is 25.0 Å². The van der Waals surface area contributed by atoms with Gasteiger partial charge in [0.2, 0.25) is 5.91 Å². The van der Waals surface area contributed by atoms with Crippen molar-refractivity contribution in [2.75, 3.05) is 38.0 Å². The van der Waals surface area contributed by atoms with Gasteiger partial charge in [0.25, 0.3) is 5.91 Å². The van der Waals surface area contributed by atoms with Crippen molar-refractivity contribution in [1.82, 2.24) is 19.8 Å². The lowest BCUT2D eigenvalue weighted by Gasteiger charge is -2.34. The first kappa shape index (κ1) is 15.0. The van der Waals surface area contributed by atoms with Crippen LogP contribution in [0.4, 0.5) is 5.82 Å². The van der Waals surface area contributed by atoms with Crippen LogP contribution in [0.25, 0.3) is 0 Å². The summed E-state index contributed by atoms with van der Waals surface area (Å²) in [5, 5.41) is 3.02. The van der Waals surface area contributed by atoms with Crippen molar-refractivity contribution in [2.45, 2.75) is 6.92 Å². The Kier molecular flexibility index (Phi) is 4.86. The normalized spacial score (nSPS) is 14.7. The Morgan fingerprint density at radius 1 is 1.29 bits per heavy atom. The zero-order valence-corrected chi connectivity index (χ0v) is 12.1. The van der Waals surface area contributed by atoms with Crippen molar-refractivity contribution in [1.29, 1.82) is 0 Å². The zero-order valence-electron chi connectivity index (χ0n) is 12.1. The van der Waals surface area contributed by atoms with Crippen molar-refractivity contribution < 1.29 is 9.59 Å². The largest absolute Gasteiger partial charge is 0.366 e. The maximum atomic E-state index is 12.4. The molecule has 1 aliphatic rings. The molecular weight excluding hydrogens is 270 g/mol. The molecule has 1 saturated heterocycles. The fraction of sp³-hybridized carbons (Fsp3) is 0.429. The average Bonchev–Trinajstić information content (AvgIpc) is 2.52. The van der Waals surface area contributed by atoms with E-state index in [1.807, 2.05) is 0 Å². The first-order valence-corrected chi connectivity index (χ1v) is 6.83. The Morgan fingerprint density at radius 3 is 2.57 bits per heavy atom. The smallest absolute Gasteiger partial charge is 0.272 e. The molecule has 0 spiro atoms. The third-order valence-corrected chi connectivity index (χ3v) is 3.33. The molecule has 112 valence electrons. The van der Waals surface area contributed by atoms with Crippen LogP contribution in [-0.4, -0.2) is 64.3 Å². The third-order valence-electron chi connectivity index (χ3n) is 3.33. The number of amides is 2. The third kappa shape index (κ3) is 3.77. The summed E-state index contributed by atoms with van der Waals surface area (Å²) in [7, 11) is 0. The van der Waals surface area contributed by atoms with Crippen LogP contribution in [0.2, 0.25) is 0 Å². The van der Waals surface area contributed by atoms with E-state index in [0.29, 0.717) is 44.2 Å². The van der Waals surface area contributed by atoms with Crippen LogP contribution >= 0.6 is 0 Å². The SMILES string of the molecule is C=CCNc1cc(C(=O)N2CCN(C(C)=O)CC2)ncn1. The zero-order chi connectivity index (χ0) is 15.2. The molecule has 1 aromatic rings. The summed E-state index contributed by atoms with van der Waals surface area (Å²) in [6, 6.07) is 1.63. The van der Waals surface area contributed by atoms with E-state index in [1.54, 1.807) is 28.9 Å². The molecule has 7 heteroatoms. The molecule has 2 amide bonds. The molecule has 0 saturated carbocycles. The van der Waals surface area contributed by atoms with Gasteiger partial charge in [-0.05, 0) is 0 Å². The molecule has 2 rings (SSSR count). The van der Waals surface area contributed by atoms with Crippen molar-refractivity contribution in [2.24, 2.45) is 0 Å². The number of hydrogen-bond acceptors (Lipinski definition) is 5. The first-order chi connectivity index (χ1) is 10.1. The average molecular weight is 289 g/mol. The monoisotopic (exact) mass is 289 g/mol. The van der Waals surface area contributed by atoms with E-state index in [0.717, 1.165) is 0 Å². The second-order valence-electron chi connectivity index (χ2n) is 4.76. The van der Waals surface area contributed by atoms with Gasteiger partial charge in [-0.3, -0.25) is 9.59 Å². The Hall–Kier alpha value is -2.44. The number of carbonyl (C=O) groups is 2. The van der Waals surface area contributed by atoms with Crippen LogP contribution in [0.3, 0.4) is 0 Å². The van der Waals surface area contributed by atoms with Gasteiger partial charge in [-0.1, -0.05) is 6.08 Å². The van der Waals surface area contributed by atoms with Gasteiger partial charge in [-0.2, -0.15) is 0 Å². The van der Waals surface area contributed by atoms with Gasteiger partial charge in [0.15, 0.2) is 0 Å². The number of piperazine rings is 1. The lowest BCUT2D eigenvalue weighted by molar-refractivity contribution is -0.130. The molecule has 0 unspecified atom stereocenters. The Labute approximate surface area is 123 Å². The molecule has 1 aliphatic heterocycles. The predicted octanol–water partition coefficient (Wildman–Crippen LogP) is 0.379. The molecule has 0 aliphatic carbocycles. The van der Waals surface area contributed by atoms with Gasteiger partial charge < -0.3 is 15.1 Å². The lowest BCUT2D eigenvalue weighted by atomic mass is 10.2. The summed E-state index contributed by atoms with van der Waals surface area (Å²) >= 11 is 0. The fourth-order valence-corrected chi connectivity index (χ4v) is 2.13. The maximum Gasteiger partial charge on any atom is 0.272 e. The first-order valence-electron chi connectivity index (χ1n) is 6.83. The minimum atomic E-state index is -0.137. The summed E-state index contributed by atoms with van der Waals surface area (Å²) in [4.78, 5) is 35.2. The fourth-order valence-electron chi connectivity index (χ4n) is 2.13. The number of hydrogen-bond donors (Lipinski definition) is 1. The van der Waals surface area contributed by atoms with Gasteiger partial charge in [-0.15, -0.1) is 6.58 Å². The van der Waals surface area contributed by atoms with Crippen LogP contribution in [0.1, 0.15) is 17.4 Å². The highest BCUT2D eigenvalue weighted by Crippen LogP contribution is 2.10. The molecular formula is C14H19N5O2. The molecule has 0 aromatic carbocycles. The van der Waals surface area contributed by atoms with Gasteiger partial charge in [0, 0.05) is 45.7 Å². The summed E-state index contributed by atoms with van der Waals surface area (Å²) in [6.07, 6.45) is 3.08. The van der Waals surface area contributed by atoms with E-state index in [-0.39, 0.29) is 11.8 Å². The topological polar surface area (TPSA) is 78.4 Å². The number of aromatic nitrogens is 2. The predicted molar refractivity (Wildman–Crippen MR) is 78.9 cm³/mol. The molecule has 0 bridgehead atoms. The minimum Gasteiger partial charge on any atom is -0.366 e. The second kappa shape index (κ2) is 6.83. The van der Waals surface area contributed by atoms with E-state index in [2.05, 4.69) is 21.9 Å². The second-order valence-corrected chi connectivity index (χ2v) is 4.76. The van der Waals surface area contributed by atoms with E-state index in [4.69, 9.17) is 0 Å². The molecule has 7 nitrogen and oxygen atoms in total.